The number of rotatable bonds is 4. The number of aromatic nitrogens is 3. The summed E-state index contributed by atoms with van der Waals surface area (Å²) in [5.41, 5.74) is 3.34. The van der Waals surface area contributed by atoms with Crippen LogP contribution in [0, 0.1) is 6.92 Å². The zero-order valence-corrected chi connectivity index (χ0v) is 15.3. The monoisotopic (exact) mass is 352 g/mol. The fraction of sp³-hybridized carbons (Fsp3) is 0.450. The van der Waals surface area contributed by atoms with Gasteiger partial charge in [0.25, 0.3) is 5.91 Å². The Morgan fingerprint density at radius 2 is 2.19 bits per heavy atom. The Balaban J connectivity index is 1.53. The summed E-state index contributed by atoms with van der Waals surface area (Å²) < 4.78 is 7.85. The van der Waals surface area contributed by atoms with Gasteiger partial charge in [-0.25, -0.2) is 4.98 Å². The molecule has 0 saturated carbocycles. The molecule has 0 bridgehead atoms. The maximum Gasteiger partial charge on any atom is 0.257 e. The molecular weight excluding hydrogens is 328 g/mol. The van der Waals surface area contributed by atoms with Crippen molar-refractivity contribution in [3.8, 4) is 0 Å². The second-order valence-corrected chi connectivity index (χ2v) is 6.98. The molecule has 1 saturated heterocycles. The van der Waals surface area contributed by atoms with E-state index in [0.29, 0.717) is 12.1 Å². The van der Waals surface area contributed by atoms with Crippen LogP contribution in [-0.4, -0.2) is 38.7 Å². The van der Waals surface area contributed by atoms with Gasteiger partial charge in [0.15, 0.2) is 11.5 Å². The number of amides is 1. The van der Waals surface area contributed by atoms with Gasteiger partial charge in [-0.1, -0.05) is 19.1 Å². The molecular formula is C20H24N4O2. The van der Waals surface area contributed by atoms with Crippen LogP contribution in [-0.2, 0) is 6.54 Å². The molecule has 4 rings (SSSR count). The maximum absolute atomic E-state index is 13.0. The Kier molecular flexibility index (Phi) is 4.49. The van der Waals surface area contributed by atoms with Crippen LogP contribution in [0.3, 0.4) is 0 Å². The van der Waals surface area contributed by atoms with Gasteiger partial charge in [-0.3, -0.25) is 9.48 Å². The van der Waals surface area contributed by atoms with E-state index < -0.39 is 0 Å². The molecule has 0 aliphatic carbocycles. The molecule has 6 heteroatoms. The summed E-state index contributed by atoms with van der Waals surface area (Å²) >= 11 is 0. The lowest BCUT2D eigenvalue weighted by Gasteiger charge is -2.31. The number of carbonyl (C=O) groups is 1. The van der Waals surface area contributed by atoms with E-state index in [4.69, 9.17) is 4.42 Å². The lowest BCUT2D eigenvalue weighted by Crippen LogP contribution is -2.39. The number of para-hydroxylation sites is 2. The molecule has 0 N–H and O–H groups in total. The number of likely N-dealkylation sites (tertiary alicyclic amines) is 1. The van der Waals surface area contributed by atoms with Crippen LogP contribution in [0.5, 0.6) is 0 Å². The Hall–Kier alpha value is -2.63. The highest BCUT2D eigenvalue weighted by molar-refractivity contribution is 5.95. The van der Waals surface area contributed by atoms with Crippen LogP contribution in [0.15, 0.2) is 34.9 Å². The van der Waals surface area contributed by atoms with Gasteiger partial charge in [-0.15, -0.1) is 0 Å². The number of hydrogen-bond donors (Lipinski definition) is 0. The SMILES string of the molecule is CCCn1ncc(C(=O)N2CCC[C@H](c3nc4ccccc4o3)C2)c1C. The zero-order chi connectivity index (χ0) is 18.1. The van der Waals surface area contributed by atoms with E-state index in [1.54, 1.807) is 6.20 Å². The topological polar surface area (TPSA) is 64.2 Å². The predicted molar refractivity (Wildman–Crippen MR) is 99.1 cm³/mol. The van der Waals surface area contributed by atoms with Gasteiger partial charge in [-0.2, -0.15) is 5.10 Å². The van der Waals surface area contributed by atoms with Crippen molar-refractivity contribution >= 4 is 17.0 Å². The van der Waals surface area contributed by atoms with Gasteiger partial charge in [0.2, 0.25) is 0 Å². The smallest absolute Gasteiger partial charge is 0.257 e. The molecule has 0 spiro atoms. The van der Waals surface area contributed by atoms with E-state index in [1.807, 2.05) is 40.8 Å². The minimum Gasteiger partial charge on any atom is -0.440 e. The minimum atomic E-state index is 0.0608. The normalized spacial score (nSPS) is 17.8. The first-order valence-electron chi connectivity index (χ1n) is 9.34. The summed E-state index contributed by atoms with van der Waals surface area (Å²) in [6, 6.07) is 7.80. The Bertz CT molecular complexity index is 894. The van der Waals surface area contributed by atoms with Crippen molar-refractivity contribution in [2.45, 2.75) is 45.6 Å². The third-order valence-electron chi connectivity index (χ3n) is 5.14. The van der Waals surface area contributed by atoms with Gasteiger partial charge in [0.1, 0.15) is 5.52 Å². The Morgan fingerprint density at radius 3 is 3.00 bits per heavy atom. The molecule has 1 amide bonds. The number of piperidine rings is 1. The minimum absolute atomic E-state index is 0.0608. The van der Waals surface area contributed by atoms with Crippen molar-refractivity contribution in [2.24, 2.45) is 0 Å². The summed E-state index contributed by atoms with van der Waals surface area (Å²) in [7, 11) is 0. The maximum atomic E-state index is 13.0. The first kappa shape index (κ1) is 16.8. The summed E-state index contributed by atoms with van der Waals surface area (Å²) in [6.45, 7) is 6.33. The van der Waals surface area contributed by atoms with Crippen molar-refractivity contribution in [2.75, 3.05) is 13.1 Å². The number of benzene rings is 1. The number of carbonyl (C=O) groups excluding carboxylic acids is 1. The van der Waals surface area contributed by atoms with Crippen LogP contribution in [0.4, 0.5) is 0 Å². The van der Waals surface area contributed by atoms with E-state index >= 15 is 0 Å². The Labute approximate surface area is 152 Å². The first-order chi connectivity index (χ1) is 12.7. The molecule has 1 aromatic carbocycles. The molecule has 1 aliphatic rings. The first-order valence-corrected chi connectivity index (χ1v) is 9.34. The molecule has 6 nitrogen and oxygen atoms in total. The van der Waals surface area contributed by atoms with Gasteiger partial charge >= 0.3 is 0 Å². The van der Waals surface area contributed by atoms with Crippen molar-refractivity contribution in [3.63, 3.8) is 0 Å². The zero-order valence-electron chi connectivity index (χ0n) is 15.3. The third kappa shape index (κ3) is 3.00. The fourth-order valence-electron chi connectivity index (χ4n) is 3.69. The van der Waals surface area contributed by atoms with Crippen LogP contribution in [0.25, 0.3) is 11.1 Å². The van der Waals surface area contributed by atoms with E-state index in [0.717, 1.165) is 55.0 Å². The molecule has 0 unspecified atom stereocenters. The average molecular weight is 352 g/mol. The van der Waals surface area contributed by atoms with Crippen LogP contribution in [0.2, 0.25) is 0 Å². The second kappa shape index (κ2) is 6.94. The second-order valence-electron chi connectivity index (χ2n) is 6.98. The van der Waals surface area contributed by atoms with Crippen molar-refractivity contribution in [1.82, 2.24) is 19.7 Å². The van der Waals surface area contributed by atoms with E-state index in [1.165, 1.54) is 0 Å². The third-order valence-corrected chi connectivity index (χ3v) is 5.14. The molecule has 26 heavy (non-hydrogen) atoms. The highest BCUT2D eigenvalue weighted by atomic mass is 16.3. The number of nitrogens with zero attached hydrogens (tertiary/aromatic N) is 4. The quantitative estimate of drug-likeness (QED) is 0.717. The summed E-state index contributed by atoms with van der Waals surface area (Å²) in [6.07, 6.45) is 4.65. The van der Waals surface area contributed by atoms with Gasteiger partial charge < -0.3 is 9.32 Å². The number of oxazole rings is 1. The molecule has 136 valence electrons. The van der Waals surface area contributed by atoms with Gasteiger partial charge in [0.05, 0.1) is 17.7 Å². The number of hydrogen-bond acceptors (Lipinski definition) is 4. The van der Waals surface area contributed by atoms with Crippen LogP contribution >= 0.6 is 0 Å². The van der Waals surface area contributed by atoms with Gasteiger partial charge in [0, 0.05) is 25.3 Å². The van der Waals surface area contributed by atoms with Crippen molar-refractivity contribution < 1.29 is 9.21 Å². The molecule has 1 aliphatic heterocycles. The lowest BCUT2D eigenvalue weighted by atomic mass is 9.97. The highest BCUT2D eigenvalue weighted by Crippen LogP contribution is 2.29. The predicted octanol–water partition coefficient (Wildman–Crippen LogP) is 3.76. The van der Waals surface area contributed by atoms with E-state index in [-0.39, 0.29) is 11.8 Å². The lowest BCUT2D eigenvalue weighted by molar-refractivity contribution is 0.0698. The standard InChI is InChI=1S/C20H24N4O2/c1-3-10-24-14(2)16(12-21-24)20(25)23-11-6-7-15(13-23)19-22-17-8-4-5-9-18(17)26-19/h4-5,8-9,12,15H,3,6-7,10-11,13H2,1-2H3/t15-/m0/s1. The molecule has 1 fully saturated rings. The van der Waals surface area contributed by atoms with Crippen LogP contribution in [0.1, 0.15) is 54.0 Å². The summed E-state index contributed by atoms with van der Waals surface area (Å²) in [4.78, 5) is 19.6. The molecule has 0 radical (unpaired) electrons. The molecule has 2 aromatic heterocycles. The van der Waals surface area contributed by atoms with Crippen LogP contribution < -0.4 is 0 Å². The van der Waals surface area contributed by atoms with Crippen molar-refractivity contribution in [3.05, 3.63) is 47.6 Å². The fourth-order valence-corrected chi connectivity index (χ4v) is 3.69. The van der Waals surface area contributed by atoms with Gasteiger partial charge in [-0.05, 0) is 38.3 Å². The summed E-state index contributed by atoms with van der Waals surface area (Å²) in [5, 5.41) is 4.37. The highest BCUT2D eigenvalue weighted by Gasteiger charge is 2.30. The number of fused-ring (bicyclic) bond motifs is 1. The van der Waals surface area contributed by atoms with E-state index in [9.17, 15) is 4.79 Å². The summed E-state index contributed by atoms with van der Waals surface area (Å²) in [5.74, 6) is 0.943. The van der Waals surface area contributed by atoms with E-state index in [2.05, 4.69) is 17.0 Å². The average Bonchev–Trinajstić information content (AvgIpc) is 3.26. The largest absolute Gasteiger partial charge is 0.440 e. The Morgan fingerprint density at radius 1 is 1.35 bits per heavy atom. The molecule has 1 atom stereocenters. The van der Waals surface area contributed by atoms with Crippen molar-refractivity contribution in [1.29, 1.82) is 0 Å². The molecule has 3 aromatic rings. The molecule has 3 heterocycles. The number of aryl methyl sites for hydroxylation is 1.